The SMILES string of the molecule is Cc1ccc(Sc2nn([C@H]3C[C@H](O)[C@@H](COS(N)(=O)=O)O3)c3ncnc(N)c23)c(F)c1. The number of hydrogen-bond donors (Lipinski definition) is 3. The van der Waals surface area contributed by atoms with Crippen LogP contribution in [0.4, 0.5) is 10.2 Å². The van der Waals surface area contributed by atoms with Crippen LogP contribution in [0.1, 0.15) is 18.2 Å². The van der Waals surface area contributed by atoms with Gasteiger partial charge in [0.25, 0.3) is 0 Å². The Balaban J connectivity index is 1.67. The number of rotatable bonds is 6. The average Bonchev–Trinajstić information content (AvgIpc) is 3.23. The third kappa shape index (κ3) is 4.63. The van der Waals surface area contributed by atoms with Crippen LogP contribution in [0, 0.1) is 12.7 Å². The molecule has 3 heterocycles. The molecule has 4 rings (SSSR count). The van der Waals surface area contributed by atoms with E-state index in [4.69, 9.17) is 15.6 Å². The first-order valence-electron chi connectivity index (χ1n) is 9.06. The third-order valence-electron chi connectivity index (χ3n) is 4.65. The molecule has 1 fully saturated rings. The Hall–Kier alpha value is -2.36. The van der Waals surface area contributed by atoms with Gasteiger partial charge in [0.2, 0.25) is 0 Å². The summed E-state index contributed by atoms with van der Waals surface area (Å²) in [5.74, 6) is -0.255. The summed E-state index contributed by atoms with van der Waals surface area (Å²) in [6.07, 6.45) is -1.44. The van der Waals surface area contributed by atoms with Crippen molar-refractivity contribution in [1.29, 1.82) is 0 Å². The minimum atomic E-state index is -4.18. The fraction of sp³-hybridized carbons (Fsp3) is 0.353. The Bertz CT molecular complexity index is 1240. The Morgan fingerprint density at radius 1 is 1.42 bits per heavy atom. The molecule has 14 heteroatoms. The van der Waals surface area contributed by atoms with E-state index in [0.717, 1.165) is 17.3 Å². The monoisotopic (exact) mass is 470 g/mol. The van der Waals surface area contributed by atoms with E-state index >= 15 is 0 Å². The number of hydrogen-bond acceptors (Lipinski definition) is 10. The minimum Gasteiger partial charge on any atom is -0.390 e. The van der Waals surface area contributed by atoms with E-state index in [1.165, 1.54) is 17.1 Å². The van der Waals surface area contributed by atoms with E-state index in [-0.39, 0.29) is 12.2 Å². The van der Waals surface area contributed by atoms with E-state index in [1.807, 2.05) is 0 Å². The molecule has 0 unspecified atom stereocenters. The lowest BCUT2D eigenvalue weighted by atomic mass is 10.2. The maximum Gasteiger partial charge on any atom is 0.333 e. The van der Waals surface area contributed by atoms with Crippen LogP contribution < -0.4 is 10.9 Å². The van der Waals surface area contributed by atoms with Crippen LogP contribution in [-0.2, 0) is 19.2 Å². The number of aromatic nitrogens is 4. The molecule has 1 aliphatic rings. The molecule has 0 radical (unpaired) electrons. The minimum absolute atomic E-state index is 0.0856. The zero-order valence-corrected chi connectivity index (χ0v) is 17.8. The Labute approximate surface area is 180 Å². The van der Waals surface area contributed by atoms with Gasteiger partial charge in [0.15, 0.2) is 11.9 Å². The number of nitrogen functional groups attached to an aromatic ring is 1. The predicted molar refractivity (Wildman–Crippen MR) is 109 cm³/mol. The van der Waals surface area contributed by atoms with Gasteiger partial charge >= 0.3 is 10.3 Å². The summed E-state index contributed by atoms with van der Waals surface area (Å²) in [7, 11) is -4.18. The van der Waals surface area contributed by atoms with Crippen LogP contribution in [0.15, 0.2) is 34.4 Å². The first-order valence-corrected chi connectivity index (χ1v) is 11.3. The summed E-state index contributed by atoms with van der Waals surface area (Å²) in [5.41, 5.74) is 7.14. The van der Waals surface area contributed by atoms with Crippen molar-refractivity contribution in [3.8, 4) is 0 Å². The van der Waals surface area contributed by atoms with Gasteiger partial charge in [0, 0.05) is 11.3 Å². The van der Waals surface area contributed by atoms with Gasteiger partial charge in [-0.05, 0) is 24.6 Å². The lowest BCUT2D eigenvalue weighted by Crippen LogP contribution is -2.30. The summed E-state index contributed by atoms with van der Waals surface area (Å²) in [4.78, 5) is 8.54. The van der Waals surface area contributed by atoms with Gasteiger partial charge in [-0.1, -0.05) is 17.8 Å². The van der Waals surface area contributed by atoms with E-state index in [1.54, 1.807) is 19.1 Å². The highest BCUT2D eigenvalue weighted by molar-refractivity contribution is 7.99. The van der Waals surface area contributed by atoms with Crippen molar-refractivity contribution in [2.45, 2.75) is 41.7 Å². The maximum absolute atomic E-state index is 14.4. The molecule has 5 N–H and O–H groups in total. The molecule has 0 aliphatic carbocycles. The maximum atomic E-state index is 14.4. The number of nitrogens with two attached hydrogens (primary N) is 2. The van der Waals surface area contributed by atoms with Crippen molar-refractivity contribution in [1.82, 2.24) is 19.7 Å². The molecule has 0 spiro atoms. The van der Waals surface area contributed by atoms with Gasteiger partial charge in [0.1, 0.15) is 29.1 Å². The second-order valence-electron chi connectivity index (χ2n) is 6.95. The predicted octanol–water partition coefficient (Wildman–Crippen LogP) is 0.876. The van der Waals surface area contributed by atoms with Crippen molar-refractivity contribution in [2.75, 3.05) is 12.3 Å². The molecule has 166 valence electrons. The lowest BCUT2D eigenvalue weighted by molar-refractivity contribution is -0.0415. The fourth-order valence-corrected chi connectivity index (χ4v) is 4.46. The van der Waals surface area contributed by atoms with E-state index in [2.05, 4.69) is 19.2 Å². The summed E-state index contributed by atoms with van der Waals surface area (Å²) in [5, 5.41) is 20.3. The van der Waals surface area contributed by atoms with Crippen LogP contribution in [0.2, 0.25) is 0 Å². The highest BCUT2D eigenvalue weighted by atomic mass is 32.2. The zero-order chi connectivity index (χ0) is 22.3. The molecule has 0 bridgehead atoms. The lowest BCUT2D eigenvalue weighted by Gasteiger charge is -2.14. The second kappa shape index (κ2) is 8.29. The Morgan fingerprint density at radius 3 is 2.90 bits per heavy atom. The largest absolute Gasteiger partial charge is 0.390 e. The summed E-state index contributed by atoms with van der Waals surface area (Å²) >= 11 is 1.06. The first kappa shape index (κ1) is 21.9. The van der Waals surface area contributed by atoms with Crippen molar-refractivity contribution >= 4 is 38.9 Å². The van der Waals surface area contributed by atoms with Gasteiger partial charge < -0.3 is 15.6 Å². The van der Waals surface area contributed by atoms with Crippen LogP contribution >= 0.6 is 11.8 Å². The third-order valence-corrected chi connectivity index (χ3v) is 6.15. The standard InChI is InChI=1S/C17H19FN6O5S2/c1-8-2-3-12(9(18)4-8)30-17-14-15(19)21-7-22-16(14)24(23-17)13-5-10(25)11(29-13)6-28-31(20,26)27/h2-4,7,10-11,13,25H,5-6H2,1H3,(H2,19,21,22)(H2,20,26,27)/t10-,11+,13+/m0/s1. The zero-order valence-electron chi connectivity index (χ0n) is 16.2. The second-order valence-corrected chi connectivity index (χ2v) is 9.20. The molecule has 3 aromatic rings. The molecular weight excluding hydrogens is 451 g/mol. The number of aliphatic hydroxyl groups is 1. The Kier molecular flexibility index (Phi) is 5.85. The summed E-state index contributed by atoms with van der Waals surface area (Å²) in [6.45, 7) is 1.33. The van der Waals surface area contributed by atoms with E-state index < -0.39 is 41.2 Å². The molecule has 3 atom stereocenters. The smallest absolute Gasteiger partial charge is 0.333 e. The molecule has 1 saturated heterocycles. The van der Waals surface area contributed by atoms with Crippen molar-refractivity contribution < 1.29 is 26.8 Å². The van der Waals surface area contributed by atoms with Crippen LogP contribution in [0.25, 0.3) is 11.0 Å². The first-order chi connectivity index (χ1) is 14.6. The quantitative estimate of drug-likeness (QED) is 0.470. The van der Waals surface area contributed by atoms with Gasteiger partial charge in [-0.3, -0.25) is 4.18 Å². The van der Waals surface area contributed by atoms with Gasteiger partial charge in [-0.2, -0.15) is 13.5 Å². The molecule has 1 aliphatic heterocycles. The molecule has 0 amide bonds. The number of benzene rings is 1. The molecule has 1 aromatic carbocycles. The number of halogens is 1. The topological polar surface area (TPSA) is 168 Å². The van der Waals surface area contributed by atoms with E-state index in [0.29, 0.717) is 21.0 Å². The van der Waals surface area contributed by atoms with Crippen molar-refractivity contribution in [3.05, 3.63) is 35.9 Å². The fourth-order valence-electron chi connectivity index (χ4n) is 3.20. The average molecular weight is 471 g/mol. The molecule has 0 saturated carbocycles. The number of aryl methyl sites for hydroxylation is 1. The molecule has 11 nitrogen and oxygen atoms in total. The van der Waals surface area contributed by atoms with Crippen LogP contribution in [-0.4, -0.2) is 52.1 Å². The van der Waals surface area contributed by atoms with Gasteiger partial charge in [0.05, 0.1) is 18.1 Å². The normalized spacial score (nSPS) is 21.7. The van der Waals surface area contributed by atoms with Crippen molar-refractivity contribution in [3.63, 3.8) is 0 Å². The van der Waals surface area contributed by atoms with Crippen molar-refractivity contribution in [2.24, 2.45) is 5.14 Å². The number of nitrogens with zero attached hydrogens (tertiary/aromatic N) is 4. The molecule has 31 heavy (non-hydrogen) atoms. The summed E-state index contributed by atoms with van der Waals surface area (Å²) < 4.78 is 48.1. The highest BCUT2D eigenvalue weighted by Gasteiger charge is 2.38. The van der Waals surface area contributed by atoms with Gasteiger partial charge in [-0.25, -0.2) is 24.2 Å². The number of anilines is 1. The molecule has 2 aromatic heterocycles. The van der Waals surface area contributed by atoms with Crippen LogP contribution in [0.3, 0.4) is 0 Å². The van der Waals surface area contributed by atoms with E-state index in [9.17, 15) is 17.9 Å². The van der Waals surface area contributed by atoms with Crippen LogP contribution in [0.5, 0.6) is 0 Å². The number of fused-ring (bicyclic) bond motifs is 1. The van der Waals surface area contributed by atoms with Gasteiger partial charge in [-0.15, -0.1) is 0 Å². The highest BCUT2D eigenvalue weighted by Crippen LogP contribution is 2.39. The molecular formula is C17H19FN6O5S2. The number of aliphatic hydroxyl groups excluding tert-OH is 1. The number of ether oxygens (including phenoxy) is 1. The summed E-state index contributed by atoms with van der Waals surface area (Å²) in [6, 6.07) is 4.82. The Morgan fingerprint density at radius 2 is 2.19 bits per heavy atom.